The Hall–Kier alpha value is -3.02. The number of hydrogen-bond donors (Lipinski definition) is 2. The van der Waals surface area contributed by atoms with Crippen LogP contribution in [-0.2, 0) is 4.79 Å². The molecule has 1 aliphatic heterocycles. The monoisotopic (exact) mass is 340 g/mol. The summed E-state index contributed by atoms with van der Waals surface area (Å²) in [7, 11) is 0. The Morgan fingerprint density at radius 3 is 2.88 bits per heavy atom. The molecule has 2 N–H and O–H groups in total. The van der Waals surface area contributed by atoms with Gasteiger partial charge in [-0.25, -0.2) is 0 Å². The Kier molecular flexibility index (Phi) is 4.88. The Bertz CT molecular complexity index is 804. The van der Waals surface area contributed by atoms with E-state index < -0.39 is 6.10 Å². The summed E-state index contributed by atoms with van der Waals surface area (Å²) in [6, 6.07) is 12.2. The molecule has 25 heavy (non-hydrogen) atoms. The average molecular weight is 340 g/mol. The Morgan fingerprint density at radius 1 is 1.28 bits per heavy atom. The van der Waals surface area contributed by atoms with Crippen molar-refractivity contribution in [3.63, 3.8) is 0 Å². The van der Waals surface area contributed by atoms with Crippen LogP contribution in [0, 0.1) is 0 Å². The van der Waals surface area contributed by atoms with Crippen molar-refractivity contribution in [1.82, 2.24) is 0 Å². The topological polar surface area (TPSA) is 76.7 Å². The number of amides is 2. The van der Waals surface area contributed by atoms with Crippen molar-refractivity contribution in [1.29, 1.82) is 0 Å². The highest BCUT2D eigenvalue weighted by Gasteiger charge is 2.23. The van der Waals surface area contributed by atoms with Crippen LogP contribution < -0.4 is 20.1 Å². The van der Waals surface area contributed by atoms with Gasteiger partial charge in [-0.3, -0.25) is 9.59 Å². The fraction of sp³-hybridized carbons (Fsp3) is 0.263. The molecule has 6 nitrogen and oxygen atoms in total. The minimum atomic E-state index is -0.532. The summed E-state index contributed by atoms with van der Waals surface area (Å²) in [6.07, 6.45) is 0.328. The summed E-state index contributed by atoms with van der Waals surface area (Å²) in [5, 5.41) is 5.59. The standard InChI is InChI=1S/C19H20N2O4/c1-3-10-24-16-7-5-4-6-14(16)19(23)20-13-8-9-17-15(11-13)21-18(22)12(2)25-17/h4-9,11-12H,3,10H2,1-2H3,(H,20,23)(H,21,22). The van der Waals surface area contributed by atoms with Crippen LogP contribution in [-0.4, -0.2) is 24.5 Å². The van der Waals surface area contributed by atoms with E-state index in [1.54, 1.807) is 43.3 Å². The molecule has 0 saturated heterocycles. The average Bonchev–Trinajstić information content (AvgIpc) is 2.61. The number of benzene rings is 2. The zero-order chi connectivity index (χ0) is 17.8. The Morgan fingerprint density at radius 2 is 2.08 bits per heavy atom. The fourth-order valence-electron chi connectivity index (χ4n) is 2.48. The molecule has 0 bridgehead atoms. The molecule has 130 valence electrons. The van der Waals surface area contributed by atoms with Gasteiger partial charge in [-0.05, 0) is 43.7 Å². The molecule has 0 aliphatic carbocycles. The highest BCUT2D eigenvalue weighted by Crippen LogP contribution is 2.32. The number of carbonyl (C=O) groups is 2. The first-order chi connectivity index (χ1) is 12.1. The van der Waals surface area contributed by atoms with E-state index in [1.165, 1.54) is 0 Å². The van der Waals surface area contributed by atoms with Crippen molar-refractivity contribution in [3.8, 4) is 11.5 Å². The van der Waals surface area contributed by atoms with Crippen molar-refractivity contribution in [2.75, 3.05) is 17.2 Å². The van der Waals surface area contributed by atoms with Crippen LogP contribution in [0.1, 0.15) is 30.6 Å². The smallest absolute Gasteiger partial charge is 0.265 e. The van der Waals surface area contributed by atoms with Gasteiger partial charge in [0.1, 0.15) is 11.5 Å². The van der Waals surface area contributed by atoms with Crippen LogP contribution in [0.4, 0.5) is 11.4 Å². The first kappa shape index (κ1) is 16.8. The second-order valence-electron chi connectivity index (χ2n) is 5.76. The van der Waals surface area contributed by atoms with Gasteiger partial charge in [0, 0.05) is 5.69 Å². The number of hydrogen-bond acceptors (Lipinski definition) is 4. The van der Waals surface area contributed by atoms with E-state index in [9.17, 15) is 9.59 Å². The molecule has 2 amide bonds. The Labute approximate surface area is 146 Å². The van der Waals surface area contributed by atoms with Gasteiger partial charge in [0.05, 0.1) is 17.9 Å². The highest BCUT2D eigenvalue weighted by atomic mass is 16.5. The molecule has 1 aliphatic rings. The number of carbonyl (C=O) groups excluding carboxylic acids is 2. The lowest BCUT2D eigenvalue weighted by Crippen LogP contribution is -2.34. The van der Waals surface area contributed by atoms with Crippen LogP contribution in [0.2, 0.25) is 0 Å². The molecule has 1 heterocycles. The molecule has 2 aromatic carbocycles. The van der Waals surface area contributed by atoms with Crippen molar-refractivity contribution in [3.05, 3.63) is 48.0 Å². The van der Waals surface area contributed by atoms with Gasteiger partial charge in [-0.1, -0.05) is 19.1 Å². The number of ether oxygens (including phenoxy) is 2. The maximum Gasteiger partial charge on any atom is 0.265 e. The van der Waals surface area contributed by atoms with Crippen LogP contribution in [0.25, 0.3) is 0 Å². The molecule has 6 heteroatoms. The zero-order valence-electron chi connectivity index (χ0n) is 14.2. The van der Waals surface area contributed by atoms with E-state index in [1.807, 2.05) is 13.0 Å². The van der Waals surface area contributed by atoms with E-state index in [4.69, 9.17) is 9.47 Å². The zero-order valence-corrected chi connectivity index (χ0v) is 14.2. The number of rotatable bonds is 5. The first-order valence-corrected chi connectivity index (χ1v) is 8.23. The van der Waals surface area contributed by atoms with Gasteiger partial charge in [0.2, 0.25) is 0 Å². The molecule has 0 aromatic heterocycles. The van der Waals surface area contributed by atoms with Crippen LogP contribution in [0.3, 0.4) is 0 Å². The summed E-state index contributed by atoms with van der Waals surface area (Å²) in [5.74, 6) is 0.638. The summed E-state index contributed by atoms with van der Waals surface area (Å²) in [5.41, 5.74) is 1.56. The molecule has 0 fully saturated rings. The van der Waals surface area contributed by atoms with Crippen LogP contribution in [0.15, 0.2) is 42.5 Å². The molecule has 0 saturated carbocycles. The van der Waals surface area contributed by atoms with Crippen molar-refractivity contribution >= 4 is 23.2 Å². The maximum absolute atomic E-state index is 12.6. The highest BCUT2D eigenvalue weighted by molar-refractivity contribution is 6.07. The third kappa shape index (κ3) is 3.74. The fourth-order valence-corrected chi connectivity index (χ4v) is 2.48. The third-order valence-electron chi connectivity index (χ3n) is 3.76. The van der Waals surface area contributed by atoms with Gasteiger partial charge in [-0.2, -0.15) is 0 Å². The molecular weight excluding hydrogens is 320 g/mol. The van der Waals surface area contributed by atoms with Gasteiger partial charge in [0.25, 0.3) is 11.8 Å². The molecule has 1 unspecified atom stereocenters. The van der Waals surface area contributed by atoms with E-state index >= 15 is 0 Å². The summed E-state index contributed by atoms with van der Waals surface area (Å²) in [4.78, 5) is 24.3. The van der Waals surface area contributed by atoms with Crippen LogP contribution in [0.5, 0.6) is 11.5 Å². The predicted molar refractivity (Wildman–Crippen MR) is 95.3 cm³/mol. The molecular formula is C19H20N2O4. The summed E-state index contributed by atoms with van der Waals surface area (Å²) >= 11 is 0. The minimum Gasteiger partial charge on any atom is -0.493 e. The van der Waals surface area contributed by atoms with E-state index in [-0.39, 0.29) is 11.8 Å². The molecule has 0 spiro atoms. The van der Waals surface area contributed by atoms with Crippen molar-refractivity contribution in [2.24, 2.45) is 0 Å². The van der Waals surface area contributed by atoms with Gasteiger partial charge < -0.3 is 20.1 Å². The quantitative estimate of drug-likeness (QED) is 0.874. The van der Waals surface area contributed by atoms with E-state index in [0.717, 1.165) is 6.42 Å². The largest absolute Gasteiger partial charge is 0.493 e. The number of anilines is 2. The van der Waals surface area contributed by atoms with E-state index in [2.05, 4.69) is 10.6 Å². The van der Waals surface area contributed by atoms with Gasteiger partial charge in [0.15, 0.2) is 6.10 Å². The van der Waals surface area contributed by atoms with Crippen molar-refractivity contribution in [2.45, 2.75) is 26.4 Å². The lowest BCUT2D eigenvalue weighted by molar-refractivity contribution is -0.122. The van der Waals surface area contributed by atoms with E-state index in [0.29, 0.717) is 35.0 Å². The summed E-state index contributed by atoms with van der Waals surface area (Å²) < 4.78 is 11.1. The third-order valence-corrected chi connectivity index (χ3v) is 3.76. The second kappa shape index (κ2) is 7.25. The van der Waals surface area contributed by atoms with Crippen LogP contribution >= 0.6 is 0 Å². The predicted octanol–water partition coefficient (Wildman–Crippen LogP) is 3.45. The minimum absolute atomic E-state index is 0.214. The maximum atomic E-state index is 12.6. The first-order valence-electron chi connectivity index (χ1n) is 8.23. The number of fused-ring (bicyclic) bond motifs is 1. The second-order valence-corrected chi connectivity index (χ2v) is 5.76. The summed E-state index contributed by atoms with van der Waals surface area (Å²) in [6.45, 7) is 4.24. The number of nitrogens with one attached hydrogen (secondary N) is 2. The normalized spacial score (nSPS) is 15.6. The van der Waals surface area contributed by atoms with Gasteiger partial charge >= 0.3 is 0 Å². The molecule has 1 atom stereocenters. The number of para-hydroxylation sites is 1. The lowest BCUT2D eigenvalue weighted by atomic mass is 10.1. The lowest BCUT2D eigenvalue weighted by Gasteiger charge is -2.23. The molecule has 3 rings (SSSR count). The Balaban J connectivity index is 1.78. The SMILES string of the molecule is CCCOc1ccccc1C(=O)Nc1ccc2c(c1)NC(=O)C(C)O2. The molecule has 2 aromatic rings. The molecule has 0 radical (unpaired) electrons. The van der Waals surface area contributed by atoms with Gasteiger partial charge in [-0.15, -0.1) is 0 Å². The van der Waals surface area contributed by atoms with Crippen molar-refractivity contribution < 1.29 is 19.1 Å².